The van der Waals surface area contributed by atoms with Gasteiger partial charge in [0.15, 0.2) is 0 Å². The monoisotopic (exact) mass is 234 g/mol. The SMILES string of the molecule is CC1CCCC(N(C)c2cnccc2CO)C1. The average molecular weight is 234 g/mol. The number of rotatable bonds is 3. The van der Waals surface area contributed by atoms with Gasteiger partial charge in [0.05, 0.1) is 18.5 Å². The molecular weight excluding hydrogens is 212 g/mol. The first-order valence-corrected chi connectivity index (χ1v) is 6.49. The Labute approximate surface area is 103 Å². The van der Waals surface area contributed by atoms with Gasteiger partial charge in [-0.05, 0) is 24.8 Å². The third kappa shape index (κ3) is 2.78. The van der Waals surface area contributed by atoms with Crippen molar-refractivity contribution < 1.29 is 5.11 Å². The van der Waals surface area contributed by atoms with Gasteiger partial charge < -0.3 is 10.0 Å². The largest absolute Gasteiger partial charge is 0.392 e. The van der Waals surface area contributed by atoms with Crippen LogP contribution in [0.3, 0.4) is 0 Å². The van der Waals surface area contributed by atoms with E-state index in [0.717, 1.165) is 17.2 Å². The van der Waals surface area contributed by atoms with E-state index >= 15 is 0 Å². The maximum absolute atomic E-state index is 9.36. The van der Waals surface area contributed by atoms with E-state index in [1.807, 2.05) is 12.3 Å². The van der Waals surface area contributed by atoms with Gasteiger partial charge in [0.25, 0.3) is 0 Å². The van der Waals surface area contributed by atoms with Crippen molar-refractivity contribution in [3.05, 3.63) is 24.0 Å². The lowest BCUT2D eigenvalue weighted by molar-refractivity contribution is 0.281. The fourth-order valence-electron chi connectivity index (χ4n) is 2.82. The number of hydrogen-bond donors (Lipinski definition) is 1. The smallest absolute Gasteiger partial charge is 0.0703 e. The number of anilines is 1. The minimum Gasteiger partial charge on any atom is -0.392 e. The van der Waals surface area contributed by atoms with Gasteiger partial charge in [0.2, 0.25) is 0 Å². The maximum Gasteiger partial charge on any atom is 0.0703 e. The van der Waals surface area contributed by atoms with Gasteiger partial charge in [-0.25, -0.2) is 0 Å². The van der Waals surface area contributed by atoms with Gasteiger partial charge in [-0.15, -0.1) is 0 Å². The number of aliphatic hydroxyl groups excluding tert-OH is 1. The van der Waals surface area contributed by atoms with Crippen LogP contribution in [0.1, 0.15) is 38.2 Å². The minimum absolute atomic E-state index is 0.0878. The Balaban J connectivity index is 2.15. The summed E-state index contributed by atoms with van der Waals surface area (Å²) in [6.07, 6.45) is 8.77. The fraction of sp³-hybridized carbons (Fsp3) is 0.643. The number of aliphatic hydroxyl groups is 1. The Bertz CT molecular complexity index is 367. The molecule has 1 fully saturated rings. The van der Waals surface area contributed by atoms with Crippen LogP contribution in [0.5, 0.6) is 0 Å². The molecule has 1 aromatic heterocycles. The van der Waals surface area contributed by atoms with Crippen LogP contribution in [0.25, 0.3) is 0 Å². The van der Waals surface area contributed by atoms with Gasteiger partial charge in [-0.2, -0.15) is 0 Å². The summed E-state index contributed by atoms with van der Waals surface area (Å²) in [5.41, 5.74) is 2.05. The van der Waals surface area contributed by atoms with E-state index in [9.17, 15) is 5.11 Å². The van der Waals surface area contributed by atoms with Crippen LogP contribution in [0.15, 0.2) is 18.5 Å². The zero-order valence-corrected chi connectivity index (χ0v) is 10.8. The summed E-state index contributed by atoms with van der Waals surface area (Å²) >= 11 is 0. The summed E-state index contributed by atoms with van der Waals surface area (Å²) in [5, 5.41) is 9.36. The Morgan fingerprint density at radius 3 is 3.00 bits per heavy atom. The summed E-state index contributed by atoms with van der Waals surface area (Å²) in [7, 11) is 2.12. The van der Waals surface area contributed by atoms with Crippen LogP contribution in [0.2, 0.25) is 0 Å². The van der Waals surface area contributed by atoms with Gasteiger partial charge in [0, 0.05) is 24.8 Å². The molecule has 0 saturated heterocycles. The standard InChI is InChI=1S/C14H22N2O/c1-11-4-3-5-13(8-11)16(2)14-9-15-7-6-12(14)10-17/h6-7,9,11,13,17H,3-5,8,10H2,1-2H3. The average Bonchev–Trinajstić information content (AvgIpc) is 2.38. The molecule has 3 heteroatoms. The molecule has 3 nitrogen and oxygen atoms in total. The van der Waals surface area contributed by atoms with E-state index in [-0.39, 0.29) is 6.61 Å². The van der Waals surface area contributed by atoms with Crippen molar-refractivity contribution in [1.82, 2.24) is 4.98 Å². The van der Waals surface area contributed by atoms with Crippen LogP contribution in [-0.2, 0) is 6.61 Å². The van der Waals surface area contributed by atoms with E-state index in [2.05, 4.69) is 23.9 Å². The molecule has 0 radical (unpaired) electrons. The van der Waals surface area contributed by atoms with Crippen molar-refractivity contribution in [1.29, 1.82) is 0 Å². The van der Waals surface area contributed by atoms with Crippen LogP contribution in [0.4, 0.5) is 5.69 Å². The number of nitrogens with zero attached hydrogens (tertiary/aromatic N) is 2. The summed E-state index contributed by atoms with van der Waals surface area (Å²) < 4.78 is 0. The van der Waals surface area contributed by atoms with Crippen molar-refractivity contribution >= 4 is 5.69 Å². The highest BCUT2D eigenvalue weighted by molar-refractivity contribution is 5.51. The third-order valence-corrected chi connectivity index (χ3v) is 3.89. The second-order valence-electron chi connectivity index (χ2n) is 5.20. The normalized spacial score (nSPS) is 24.6. The van der Waals surface area contributed by atoms with Crippen LogP contribution >= 0.6 is 0 Å². The van der Waals surface area contributed by atoms with Crippen LogP contribution < -0.4 is 4.90 Å². The van der Waals surface area contributed by atoms with Gasteiger partial charge in [0.1, 0.15) is 0 Å². The van der Waals surface area contributed by atoms with E-state index in [4.69, 9.17) is 0 Å². The lowest BCUT2D eigenvalue weighted by atomic mass is 9.86. The summed E-state index contributed by atoms with van der Waals surface area (Å²) in [6, 6.07) is 2.49. The quantitative estimate of drug-likeness (QED) is 0.873. The first kappa shape index (κ1) is 12.4. The maximum atomic E-state index is 9.36. The highest BCUT2D eigenvalue weighted by Gasteiger charge is 2.23. The molecule has 17 heavy (non-hydrogen) atoms. The molecule has 1 N–H and O–H groups in total. The van der Waals surface area contributed by atoms with Crippen molar-refractivity contribution in [2.24, 2.45) is 5.92 Å². The number of pyridine rings is 1. The van der Waals surface area contributed by atoms with Crippen LogP contribution in [0, 0.1) is 5.92 Å². The van der Waals surface area contributed by atoms with Gasteiger partial charge in [-0.3, -0.25) is 4.98 Å². The Hall–Kier alpha value is -1.09. The molecule has 1 aliphatic rings. The first-order valence-electron chi connectivity index (χ1n) is 6.49. The van der Waals surface area contributed by atoms with E-state index < -0.39 is 0 Å². The summed E-state index contributed by atoms with van der Waals surface area (Å²) in [4.78, 5) is 6.48. The van der Waals surface area contributed by atoms with E-state index in [1.165, 1.54) is 25.7 Å². The number of hydrogen-bond acceptors (Lipinski definition) is 3. The second-order valence-corrected chi connectivity index (χ2v) is 5.20. The fourth-order valence-corrected chi connectivity index (χ4v) is 2.82. The molecule has 1 aliphatic carbocycles. The molecular formula is C14H22N2O. The zero-order valence-electron chi connectivity index (χ0n) is 10.8. The van der Waals surface area contributed by atoms with Gasteiger partial charge in [-0.1, -0.05) is 19.8 Å². The number of aromatic nitrogens is 1. The van der Waals surface area contributed by atoms with E-state index in [0.29, 0.717) is 6.04 Å². The van der Waals surface area contributed by atoms with Crippen molar-refractivity contribution in [2.75, 3.05) is 11.9 Å². The molecule has 2 atom stereocenters. The molecule has 0 aromatic carbocycles. The molecule has 1 aromatic rings. The molecule has 0 bridgehead atoms. The predicted octanol–water partition coefficient (Wildman–Crippen LogP) is 2.59. The van der Waals surface area contributed by atoms with Crippen LogP contribution in [-0.4, -0.2) is 23.2 Å². The van der Waals surface area contributed by atoms with Crippen molar-refractivity contribution in [2.45, 2.75) is 45.3 Å². The molecule has 0 aliphatic heterocycles. The second kappa shape index (κ2) is 5.50. The first-order chi connectivity index (χ1) is 8.22. The molecule has 0 spiro atoms. The third-order valence-electron chi connectivity index (χ3n) is 3.89. The molecule has 0 amide bonds. The topological polar surface area (TPSA) is 36.4 Å². The minimum atomic E-state index is 0.0878. The highest BCUT2D eigenvalue weighted by atomic mass is 16.3. The summed E-state index contributed by atoms with van der Waals surface area (Å²) in [5.74, 6) is 0.811. The molecule has 1 saturated carbocycles. The van der Waals surface area contributed by atoms with E-state index in [1.54, 1.807) is 6.20 Å². The Kier molecular flexibility index (Phi) is 4.00. The van der Waals surface area contributed by atoms with Crippen molar-refractivity contribution in [3.8, 4) is 0 Å². The molecule has 1 heterocycles. The summed E-state index contributed by atoms with van der Waals surface area (Å²) in [6.45, 7) is 2.42. The zero-order chi connectivity index (χ0) is 12.3. The molecule has 2 unspecified atom stereocenters. The molecule has 94 valence electrons. The Morgan fingerprint density at radius 1 is 1.47 bits per heavy atom. The highest BCUT2D eigenvalue weighted by Crippen LogP contribution is 2.30. The Morgan fingerprint density at radius 2 is 2.29 bits per heavy atom. The lowest BCUT2D eigenvalue weighted by Crippen LogP contribution is -2.36. The van der Waals surface area contributed by atoms with Gasteiger partial charge >= 0.3 is 0 Å². The lowest BCUT2D eigenvalue weighted by Gasteiger charge is -2.36. The molecule has 2 rings (SSSR count). The van der Waals surface area contributed by atoms with Crippen molar-refractivity contribution in [3.63, 3.8) is 0 Å². The predicted molar refractivity (Wildman–Crippen MR) is 70.0 cm³/mol.